The van der Waals surface area contributed by atoms with Crippen LogP contribution in [0.15, 0.2) is 40.8 Å². The van der Waals surface area contributed by atoms with E-state index in [0.29, 0.717) is 12.5 Å². The Labute approximate surface area is 176 Å². The van der Waals surface area contributed by atoms with Crippen molar-refractivity contribution in [3.8, 4) is 5.75 Å². The maximum absolute atomic E-state index is 6.17. The van der Waals surface area contributed by atoms with Gasteiger partial charge in [0.05, 0.1) is 6.54 Å². The van der Waals surface area contributed by atoms with E-state index in [4.69, 9.17) is 10.5 Å². The molecule has 0 radical (unpaired) electrons. The molecule has 2 aromatic rings. The van der Waals surface area contributed by atoms with Crippen molar-refractivity contribution in [2.24, 2.45) is 10.7 Å². The van der Waals surface area contributed by atoms with Crippen LogP contribution in [-0.2, 0) is 0 Å². The Bertz CT molecular complexity index is 701. The van der Waals surface area contributed by atoms with Gasteiger partial charge in [-0.1, -0.05) is 12.1 Å². The van der Waals surface area contributed by atoms with Crippen LogP contribution in [0.4, 0.5) is 5.13 Å². The first kappa shape index (κ1) is 20.8. The highest BCUT2D eigenvalue weighted by molar-refractivity contribution is 14.0. The van der Waals surface area contributed by atoms with E-state index < -0.39 is 0 Å². The predicted molar refractivity (Wildman–Crippen MR) is 119 cm³/mol. The van der Waals surface area contributed by atoms with E-state index >= 15 is 0 Å². The van der Waals surface area contributed by atoms with Gasteiger partial charge in [-0.25, -0.2) is 9.98 Å². The van der Waals surface area contributed by atoms with Crippen LogP contribution in [0.25, 0.3) is 0 Å². The first-order chi connectivity index (χ1) is 12.1. The normalized spacial score (nSPS) is 16.2. The van der Waals surface area contributed by atoms with E-state index in [1.54, 1.807) is 11.3 Å². The smallest absolute Gasteiger partial charge is 0.191 e. The molecule has 0 amide bonds. The van der Waals surface area contributed by atoms with E-state index in [9.17, 15) is 0 Å². The van der Waals surface area contributed by atoms with Crippen LogP contribution in [0.5, 0.6) is 5.75 Å². The van der Waals surface area contributed by atoms with Crippen LogP contribution >= 0.6 is 35.3 Å². The third kappa shape index (κ3) is 5.73. The summed E-state index contributed by atoms with van der Waals surface area (Å²) in [6, 6.07) is 8.05. The van der Waals surface area contributed by atoms with Crippen LogP contribution in [0, 0.1) is 6.92 Å². The number of rotatable bonds is 5. The lowest BCUT2D eigenvalue weighted by atomic mass is 10.2. The van der Waals surface area contributed by atoms with Crippen molar-refractivity contribution in [1.82, 2.24) is 9.88 Å². The van der Waals surface area contributed by atoms with Crippen LogP contribution in [0.2, 0.25) is 0 Å². The van der Waals surface area contributed by atoms with Gasteiger partial charge >= 0.3 is 0 Å². The average molecular weight is 487 g/mol. The summed E-state index contributed by atoms with van der Waals surface area (Å²) in [4.78, 5) is 13.3. The second kappa shape index (κ2) is 9.96. The number of hydrogen-bond donors (Lipinski definition) is 1. The topological polar surface area (TPSA) is 67.0 Å². The minimum atomic E-state index is -0.0167. The molecule has 1 aromatic carbocycles. The Morgan fingerprint density at radius 2 is 2.12 bits per heavy atom. The molecule has 1 fully saturated rings. The third-order valence-corrected chi connectivity index (χ3v) is 4.96. The predicted octanol–water partition coefficient (Wildman–Crippen LogP) is 2.97. The molecule has 0 saturated carbocycles. The van der Waals surface area contributed by atoms with E-state index in [1.165, 1.54) is 5.56 Å². The second-order valence-electron chi connectivity index (χ2n) is 6.23. The summed E-state index contributed by atoms with van der Waals surface area (Å²) in [6.45, 7) is 8.17. The highest BCUT2D eigenvalue weighted by Crippen LogP contribution is 2.19. The Morgan fingerprint density at radius 1 is 1.35 bits per heavy atom. The molecule has 2 heterocycles. The van der Waals surface area contributed by atoms with Crippen molar-refractivity contribution in [2.45, 2.75) is 20.0 Å². The zero-order valence-corrected chi connectivity index (χ0v) is 18.3. The van der Waals surface area contributed by atoms with Crippen LogP contribution in [0.1, 0.15) is 12.5 Å². The minimum absolute atomic E-state index is 0. The third-order valence-electron chi connectivity index (χ3n) is 4.13. The van der Waals surface area contributed by atoms with Gasteiger partial charge in [0, 0.05) is 37.8 Å². The second-order valence-corrected chi connectivity index (χ2v) is 7.11. The first-order valence-corrected chi connectivity index (χ1v) is 9.42. The molecule has 1 saturated heterocycles. The number of hydrogen-bond acceptors (Lipinski definition) is 5. The Morgan fingerprint density at radius 3 is 2.77 bits per heavy atom. The molecule has 1 aromatic heterocycles. The fourth-order valence-corrected chi connectivity index (χ4v) is 3.48. The van der Waals surface area contributed by atoms with Gasteiger partial charge in [0.15, 0.2) is 11.1 Å². The molecule has 1 unspecified atom stereocenters. The molecule has 1 atom stereocenters. The average Bonchev–Trinajstić information content (AvgIpc) is 3.14. The number of aliphatic imine (C=N–C) groups is 1. The molecule has 0 aliphatic carbocycles. The number of aryl methyl sites for hydroxylation is 1. The van der Waals surface area contributed by atoms with Gasteiger partial charge in [0.1, 0.15) is 11.9 Å². The molecular weight excluding hydrogens is 461 g/mol. The Kier molecular flexibility index (Phi) is 7.95. The standard InChI is InChI=1S/C18H25N5OS.HI/c1-14-4-3-5-16(12-14)24-15(2)13-21-17(19)22-7-9-23(10-8-22)18-20-6-11-25-18;/h3-6,11-12,15H,7-10,13H2,1-2H3,(H2,19,21);1H. The van der Waals surface area contributed by atoms with Gasteiger partial charge in [-0.05, 0) is 31.5 Å². The van der Waals surface area contributed by atoms with Gasteiger partial charge in [-0.3, -0.25) is 0 Å². The highest BCUT2D eigenvalue weighted by atomic mass is 127. The first-order valence-electron chi connectivity index (χ1n) is 8.54. The number of thiazole rings is 1. The molecule has 142 valence electrons. The minimum Gasteiger partial charge on any atom is -0.489 e. The zero-order chi connectivity index (χ0) is 17.6. The number of anilines is 1. The molecule has 1 aliphatic rings. The number of halogens is 1. The number of ether oxygens (including phenoxy) is 1. The van der Waals surface area contributed by atoms with Gasteiger partial charge in [-0.2, -0.15) is 0 Å². The largest absolute Gasteiger partial charge is 0.489 e. The van der Waals surface area contributed by atoms with Crippen molar-refractivity contribution >= 4 is 46.4 Å². The molecule has 8 heteroatoms. The molecule has 6 nitrogen and oxygen atoms in total. The maximum atomic E-state index is 6.17. The lowest BCUT2D eigenvalue weighted by Gasteiger charge is -2.35. The van der Waals surface area contributed by atoms with Crippen molar-refractivity contribution < 1.29 is 4.74 Å². The van der Waals surface area contributed by atoms with E-state index in [-0.39, 0.29) is 30.1 Å². The Balaban J connectivity index is 0.00000243. The molecule has 0 bridgehead atoms. The monoisotopic (exact) mass is 487 g/mol. The number of benzene rings is 1. The number of nitrogens with zero attached hydrogens (tertiary/aromatic N) is 4. The van der Waals surface area contributed by atoms with Gasteiger partial charge in [0.25, 0.3) is 0 Å². The fourth-order valence-electron chi connectivity index (χ4n) is 2.78. The summed E-state index contributed by atoms with van der Waals surface area (Å²) < 4.78 is 5.90. The quantitative estimate of drug-likeness (QED) is 0.399. The van der Waals surface area contributed by atoms with Gasteiger partial charge in [-0.15, -0.1) is 35.3 Å². The van der Waals surface area contributed by atoms with E-state index in [1.807, 2.05) is 36.7 Å². The number of aromatic nitrogens is 1. The summed E-state index contributed by atoms with van der Waals surface area (Å²) in [5, 5.41) is 3.09. The number of guanidine groups is 1. The van der Waals surface area contributed by atoms with Gasteiger partial charge < -0.3 is 20.3 Å². The summed E-state index contributed by atoms with van der Waals surface area (Å²) in [5.74, 6) is 1.47. The summed E-state index contributed by atoms with van der Waals surface area (Å²) >= 11 is 1.67. The van der Waals surface area contributed by atoms with Crippen molar-refractivity contribution in [3.63, 3.8) is 0 Å². The molecule has 2 N–H and O–H groups in total. The lowest BCUT2D eigenvalue weighted by molar-refractivity contribution is 0.229. The molecule has 26 heavy (non-hydrogen) atoms. The lowest BCUT2D eigenvalue weighted by Crippen LogP contribution is -2.51. The number of piperazine rings is 1. The van der Waals surface area contributed by atoms with Crippen molar-refractivity contribution in [1.29, 1.82) is 0 Å². The van der Waals surface area contributed by atoms with Gasteiger partial charge in [0.2, 0.25) is 0 Å². The highest BCUT2D eigenvalue weighted by Gasteiger charge is 2.19. The van der Waals surface area contributed by atoms with Crippen molar-refractivity contribution in [2.75, 3.05) is 37.6 Å². The van der Waals surface area contributed by atoms with E-state index in [0.717, 1.165) is 37.1 Å². The molecular formula is C18H26IN5OS. The summed E-state index contributed by atoms with van der Waals surface area (Å²) in [5.41, 5.74) is 7.35. The number of nitrogens with two attached hydrogens (primary N) is 1. The van der Waals surface area contributed by atoms with Crippen LogP contribution in [0.3, 0.4) is 0 Å². The van der Waals surface area contributed by atoms with Crippen LogP contribution in [-0.4, -0.2) is 54.7 Å². The van der Waals surface area contributed by atoms with Crippen molar-refractivity contribution in [3.05, 3.63) is 41.4 Å². The molecule has 3 rings (SSSR count). The summed E-state index contributed by atoms with van der Waals surface area (Å²) in [7, 11) is 0. The SMILES string of the molecule is Cc1cccc(OC(C)CN=C(N)N2CCN(c3nccs3)CC2)c1.I. The molecule has 1 aliphatic heterocycles. The maximum Gasteiger partial charge on any atom is 0.191 e. The Hall–Kier alpha value is -1.55. The van der Waals surface area contributed by atoms with E-state index in [2.05, 4.69) is 32.8 Å². The fraction of sp³-hybridized carbons (Fsp3) is 0.444. The summed E-state index contributed by atoms with van der Waals surface area (Å²) in [6.07, 6.45) is 1.83. The molecule has 0 spiro atoms. The van der Waals surface area contributed by atoms with Crippen LogP contribution < -0.4 is 15.4 Å². The zero-order valence-electron chi connectivity index (χ0n) is 15.2.